The van der Waals surface area contributed by atoms with Crippen molar-refractivity contribution in [1.29, 1.82) is 0 Å². The van der Waals surface area contributed by atoms with Gasteiger partial charge < -0.3 is 10.6 Å². The number of benzene rings is 2. The first kappa shape index (κ1) is 19.0. The maximum absolute atomic E-state index is 13.4. The molecule has 0 aliphatic carbocycles. The summed E-state index contributed by atoms with van der Waals surface area (Å²) in [6.45, 7) is 3.51. The van der Waals surface area contributed by atoms with E-state index in [1.54, 1.807) is 44.2 Å². The van der Waals surface area contributed by atoms with Crippen LogP contribution in [-0.2, 0) is 4.79 Å². The lowest BCUT2D eigenvalue weighted by Crippen LogP contribution is -2.47. The van der Waals surface area contributed by atoms with E-state index in [1.165, 1.54) is 6.07 Å². The van der Waals surface area contributed by atoms with E-state index in [0.717, 1.165) is 12.1 Å². The molecule has 26 heavy (non-hydrogen) atoms. The molecule has 0 aliphatic rings. The minimum Gasteiger partial charge on any atom is -0.340 e. The molecule has 136 valence electrons. The monoisotopic (exact) mass is 359 g/mol. The molecule has 2 aromatic rings. The van der Waals surface area contributed by atoms with Gasteiger partial charge in [-0.25, -0.2) is 0 Å². The van der Waals surface area contributed by atoms with E-state index >= 15 is 0 Å². The van der Waals surface area contributed by atoms with E-state index in [1.807, 2.05) is 0 Å². The second-order valence-electron chi connectivity index (χ2n) is 5.97. The standard InChI is InChI=1S/C18H18FN3O4/c1-11(2)16(21-17(23)12-6-4-3-5-7-12)18(24)20-13-8-9-14(19)15(10-13)22(25)26/h3-11,16H,1-2H3,(H,20,24)(H,21,23)/t16-/m0/s1. The lowest BCUT2D eigenvalue weighted by molar-refractivity contribution is -0.387. The molecule has 0 radical (unpaired) electrons. The number of halogens is 1. The third kappa shape index (κ3) is 4.62. The fourth-order valence-electron chi connectivity index (χ4n) is 2.30. The molecule has 0 spiro atoms. The molecule has 1 atom stereocenters. The molecule has 2 rings (SSSR count). The lowest BCUT2D eigenvalue weighted by atomic mass is 10.0. The Kier molecular flexibility index (Phi) is 6.00. The minimum absolute atomic E-state index is 0.0720. The maximum atomic E-state index is 13.4. The smallest absolute Gasteiger partial charge is 0.306 e. The van der Waals surface area contributed by atoms with Gasteiger partial charge in [0.25, 0.3) is 5.91 Å². The normalized spacial score (nSPS) is 11.7. The van der Waals surface area contributed by atoms with Crippen LogP contribution in [0.1, 0.15) is 24.2 Å². The fourth-order valence-corrected chi connectivity index (χ4v) is 2.30. The van der Waals surface area contributed by atoms with Crippen LogP contribution in [-0.4, -0.2) is 22.8 Å². The Morgan fingerprint density at radius 1 is 1.12 bits per heavy atom. The number of carbonyl (C=O) groups is 2. The van der Waals surface area contributed by atoms with Crippen molar-refractivity contribution in [2.75, 3.05) is 5.32 Å². The summed E-state index contributed by atoms with van der Waals surface area (Å²) in [5.41, 5.74) is -0.261. The van der Waals surface area contributed by atoms with Crippen LogP contribution >= 0.6 is 0 Å². The average Bonchev–Trinajstić information content (AvgIpc) is 2.61. The number of carbonyl (C=O) groups excluding carboxylic acids is 2. The first-order chi connectivity index (χ1) is 12.3. The van der Waals surface area contributed by atoms with E-state index in [0.29, 0.717) is 5.56 Å². The number of amides is 2. The number of rotatable bonds is 6. The molecule has 0 saturated carbocycles. The first-order valence-corrected chi connectivity index (χ1v) is 7.90. The Labute approximate surface area is 149 Å². The number of hydrogen-bond acceptors (Lipinski definition) is 4. The Hall–Kier alpha value is -3.29. The summed E-state index contributed by atoms with van der Waals surface area (Å²) in [6, 6.07) is 10.6. The molecular formula is C18H18FN3O4. The van der Waals surface area contributed by atoms with Crippen LogP contribution in [0.15, 0.2) is 48.5 Å². The van der Waals surface area contributed by atoms with Gasteiger partial charge in [0.1, 0.15) is 6.04 Å². The molecule has 0 saturated heterocycles. The Morgan fingerprint density at radius 3 is 2.35 bits per heavy atom. The first-order valence-electron chi connectivity index (χ1n) is 7.90. The van der Waals surface area contributed by atoms with Gasteiger partial charge >= 0.3 is 5.69 Å². The highest BCUT2D eigenvalue weighted by Crippen LogP contribution is 2.22. The van der Waals surface area contributed by atoms with Crippen LogP contribution in [0.3, 0.4) is 0 Å². The summed E-state index contributed by atoms with van der Waals surface area (Å²) in [7, 11) is 0. The lowest BCUT2D eigenvalue weighted by Gasteiger charge is -2.21. The predicted octanol–water partition coefficient (Wildman–Crippen LogP) is 3.13. The van der Waals surface area contributed by atoms with E-state index in [2.05, 4.69) is 10.6 Å². The van der Waals surface area contributed by atoms with Crippen molar-refractivity contribution in [3.05, 3.63) is 70.0 Å². The number of anilines is 1. The second-order valence-corrected chi connectivity index (χ2v) is 5.97. The molecule has 2 amide bonds. The van der Waals surface area contributed by atoms with Crippen molar-refractivity contribution in [3.8, 4) is 0 Å². The van der Waals surface area contributed by atoms with Gasteiger partial charge in [0.2, 0.25) is 11.7 Å². The molecule has 0 fully saturated rings. The largest absolute Gasteiger partial charge is 0.340 e. The molecular weight excluding hydrogens is 341 g/mol. The highest BCUT2D eigenvalue weighted by Gasteiger charge is 2.25. The second kappa shape index (κ2) is 8.19. The molecule has 2 N–H and O–H groups in total. The Bertz CT molecular complexity index is 824. The molecule has 8 heteroatoms. The molecule has 0 bridgehead atoms. The Morgan fingerprint density at radius 2 is 1.77 bits per heavy atom. The zero-order valence-electron chi connectivity index (χ0n) is 14.2. The van der Waals surface area contributed by atoms with Gasteiger partial charge in [0.05, 0.1) is 4.92 Å². The van der Waals surface area contributed by atoms with Crippen molar-refractivity contribution >= 4 is 23.2 Å². The van der Waals surface area contributed by atoms with Gasteiger partial charge in [-0.15, -0.1) is 0 Å². The predicted molar refractivity (Wildman–Crippen MR) is 94.2 cm³/mol. The Balaban J connectivity index is 2.15. The van der Waals surface area contributed by atoms with Gasteiger partial charge in [-0.3, -0.25) is 19.7 Å². The van der Waals surface area contributed by atoms with E-state index in [4.69, 9.17) is 0 Å². The third-order valence-corrected chi connectivity index (χ3v) is 3.68. The summed E-state index contributed by atoms with van der Waals surface area (Å²) in [5.74, 6) is -2.20. The summed E-state index contributed by atoms with van der Waals surface area (Å²) in [4.78, 5) is 34.7. The number of nitro groups is 1. The van der Waals surface area contributed by atoms with Gasteiger partial charge in [-0.1, -0.05) is 32.0 Å². The minimum atomic E-state index is -0.995. The quantitative estimate of drug-likeness (QED) is 0.611. The van der Waals surface area contributed by atoms with E-state index < -0.39 is 34.3 Å². The summed E-state index contributed by atoms with van der Waals surface area (Å²) in [5, 5.41) is 15.9. The van der Waals surface area contributed by atoms with Crippen molar-refractivity contribution in [1.82, 2.24) is 5.32 Å². The number of nitrogens with zero attached hydrogens (tertiary/aromatic N) is 1. The average molecular weight is 359 g/mol. The SMILES string of the molecule is CC(C)[C@H](NC(=O)c1ccccc1)C(=O)Nc1ccc(F)c([N+](=O)[O-])c1. The topological polar surface area (TPSA) is 101 Å². The summed E-state index contributed by atoms with van der Waals surface area (Å²) in [6.07, 6.45) is 0. The van der Waals surface area contributed by atoms with Crippen molar-refractivity contribution in [2.45, 2.75) is 19.9 Å². The molecule has 2 aromatic carbocycles. The molecule has 0 aromatic heterocycles. The van der Waals surface area contributed by atoms with Crippen molar-refractivity contribution in [3.63, 3.8) is 0 Å². The van der Waals surface area contributed by atoms with Crippen LogP contribution in [0, 0.1) is 21.8 Å². The number of hydrogen-bond donors (Lipinski definition) is 2. The van der Waals surface area contributed by atoms with E-state index in [9.17, 15) is 24.1 Å². The van der Waals surface area contributed by atoms with Gasteiger partial charge in [-0.05, 0) is 30.2 Å². The maximum Gasteiger partial charge on any atom is 0.306 e. The molecule has 7 nitrogen and oxygen atoms in total. The van der Waals surface area contributed by atoms with Crippen LogP contribution in [0.2, 0.25) is 0 Å². The zero-order chi connectivity index (χ0) is 19.3. The van der Waals surface area contributed by atoms with Crippen molar-refractivity contribution < 1.29 is 18.9 Å². The van der Waals surface area contributed by atoms with Crippen LogP contribution in [0.25, 0.3) is 0 Å². The van der Waals surface area contributed by atoms with Crippen LogP contribution < -0.4 is 10.6 Å². The highest BCUT2D eigenvalue weighted by atomic mass is 19.1. The fraction of sp³-hybridized carbons (Fsp3) is 0.222. The van der Waals surface area contributed by atoms with Gasteiger partial charge in [0.15, 0.2) is 0 Å². The van der Waals surface area contributed by atoms with Gasteiger partial charge in [0, 0.05) is 17.3 Å². The van der Waals surface area contributed by atoms with Crippen LogP contribution in [0.4, 0.5) is 15.8 Å². The number of nitro benzene ring substituents is 1. The number of nitrogens with one attached hydrogen (secondary N) is 2. The van der Waals surface area contributed by atoms with E-state index in [-0.39, 0.29) is 11.6 Å². The third-order valence-electron chi connectivity index (χ3n) is 3.68. The molecule has 0 aliphatic heterocycles. The zero-order valence-corrected chi connectivity index (χ0v) is 14.2. The summed E-state index contributed by atoms with van der Waals surface area (Å²) < 4.78 is 13.4. The van der Waals surface area contributed by atoms with Crippen LogP contribution in [0.5, 0.6) is 0 Å². The summed E-state index contributed by atoms with van der Waals surface area (Å²) >= 11 is 0. The molecule has 0 unspecified atom stereocenters. The molecule has 0 heterocycles. The van der Waals surface area contributed by atoms with Crippen molar-refractivity contribution in [2.24, 2.45) is 5.92 Å². The van der Waals surface area contributed by atoms with Gasteiger partial charge in [-0.2, -0.15) is 4.39 Å². The highest BCUT2D eigenvalue weighted by molar-refractivity contribution is 6.01.